The summed E-state index contributed by atoms with van der Waals surface area (Å²) in [6.07, 6.45) is 0. The Balaban J connectivity index is 1.87. The highest BCUT2D eigenvalue weighted by Crippen LogP contribution is 2.20. The highest BCUT2D eigenvalue weighted by atomic mass is 32.2. The van der Waals surface area contributed by atoms with Crippen LogP contribution in [0.2, 0.25) is 0 Å². The van der Waals surface area contributed by atoms with Gasteiger partial charge in [0, 0.05) is 7.05 Å². The SMILES string of the molecule is CCNCc1ccc(CSc2nnnn2C)o1. The highest BCUT2D eigenvalue weighted by molar-refractivity contribution is 7.98. The fourth-order valence-corrected chi connectivity index (χ4v) is 2.07. The van der Waals surface area contributed by atoms with Crippen LogP contribution in [0.3, 0.4) is 0 Å². The van der Waals surface area contributed by atoms with Crippen molar-refractivity contribution in [2.24, 2.45) is 7.05 Å². The van der Waals surface area contributed by atoms with Crippen molar-refractivity contribution in [1.82, 2.24) is 25.5 Å². The Morgan fingerprint density at radius 3 is 2.94 bits per heavy atom. The summed E-state index contributed by atoms with van der Waals surface area (Å²) in [5.41, 5.74) is 0. The van der Waals surface area contributed by atoms with E-state index < -0.39 is 0 Å². The molecule has 0 unspecified atom stereocenters. The standard InChI is InChI=1S/C10H15N5OS/c1-3-11-6-8-4-5-9(16-8)7-17-10-12-13-14-15(10)2/h4-5,11H,3,6-7H2,1-2H3. The molecule has 0 radical (unpaired) electrons. The van der Waals surface area contributed by atoms with Gasteiger partial charge in [0.2, 0.25) is 5.16 Å². The topological polar surface area (TPSA) is 68.8 Å². The molecule has 7 heteroatoms. The molecule has 17 heavy (non-hydrogen) atoms. The summed E-state index contributed by atoms with van der Waals surface area (Å²) in [5, 5.41) is 15.3. The Labute approximate surface area is 104 Å². The molecule has 2 heterocycles. The van der Waals surface area contributed by atoms with Crippen molar-refractivity contribution in [3.63, 3.8) is 0 Å². The van der Waals surface area contributed by atoms with Crippen LogP contribution in [0, 0.1) is 0 Å². The molecule has 2 aromatic rings. The van der Waals surface area contributed by atoms with Gasteiger partial charge in [-0.3, -0.25) is 0 Å². The van der Waals surface area contributed by atoms with Crippen LogP contribution < -0.4 is 5.32 Å². The lowest BCUT2D eigenvalue weighted by Crippen LogP contribution is -2.10. The molecule has 0 saturated carbocycles. The second kappa shape index (κ2) is 5.83. The minimum absolute atomic E-state index is 0.736. The smallest absolute Gasteiger partial charge is 0.209 e. The van der Waals surface area contributed by atoms with E-state index in [1.807, 2.05) is 19.2 Å². The Hall–Kier alpha value is -1.34. The molecule has 6 nitrogen and oxygen atoms in total. The van der Waals surface area contributed by atoms with E-state index >= 15 is 0 Å². The Morgan fingerprint density at radius 1 is 1.41 bits per heavy atom. The summed E-state index contributed by atoms with van der Waals surface area (Å²) in [6.45, 7) is 3.78. The van der Waals surface area contributed by atoms with Gasteiger partial charge in [-0.2, -0.15) is 0 Å². The fourth-order valence-electron chi connectivity index (χ4n) is 1.32. The van der Waals surface area contributed by atoms with E-state index in [4.69, 9.17) is 4.42 Å². The minimum atomic E-state index is 0.736. The molecule has 0 saturated heterocycles. The van der Waals surface area contributed by atoms with Gasteiger partial charge in [0.1, 0.15) is 11.5 Å². The molecule has 0 bridgehead atoms. The van der Waals surface area contributed by atoms with Crippen LogP contribution in [-0.4, -0.2) is 26.8 Å². The van der Waals surface area contributed by atoms with E-state index in [0.717, 1.165) is 35.5 Å². The predicted octanol–water partition coefficient (Wildman–Crippen LogP) is 1.20. The van der Waals surface area contributed by atoms with Crippen molar-refractivity contribution in [1.29, 1.82) is 0 Å². The molecule has 0 fully saturated rings. The van der Waals surface area contributed by atoms with Crippen LogP contribution in [0.15, 0.2) is 21.7 Å². The van der Waals surface area contributed by atoms with Gasteiger partial charge in [0.15, 0.2) is 0 Å². The lowest BCUT2D eigenvalue weighted by atomic mass is 10.4. The van der Waals surface area contributed by atoms with E-state index in [1.54, 1.807) is 16.4 Å². The van der Waals surface area contributed by atoms with E-state index in [0.29, 0.717) is 0 Å². The average molecular weight is 253 g/mol. The molecule has 1 N–H and O–H groups in total. The zero-order valence-corrected chi connectivity index (χ0v) is 10.7. The van der Waals surface area contributed by atoms with Gasteiger partial charge in [0.25, 0.3) is 0 Å². The van der Waals surface area contributed by atoms with E-state index in [1.165, 1.54) is 0 Å². The van der Waals surface area contributed by atoms with E-state index in [9.17, 15) is 0 Å². The Morgan fingerprint density at radius 2 is 2.24 bits per heavy atom. The number of rotatable bonds is 6. The van der Waals surface area contributed by atoms with Crippen molar-refractivity contribution in [2.45, 2.75) is 24.4 Å². The van der Waals surface area contributed by atoms with Gasteiger partial charge in [-0.15, -0.1) is 5.10 Å². The molecule has 0 atom stereocenters. The van der Waals surface area contributed by atoms with Gasteiger partial charge in [0.05, 0.1) is 12.3 Å². The van der Waals surface area contributed by atoms with Crippen LogP contribution in [0.1, 0.15) is 18.4 Å². The second-order valence-corrected chi connectivity index (χ2v) is 4.46. The highest BCUT2D eigenvalue weighted by Gasteiger charge is 2.06. The lowest BCUT2D eigenvalue weighted by molar-refractivity contribution is 0.462. The Bertz CT molecular complexity index is 467. The van der Waals surface area contributed by atoms with Gasteiger partial charge >= 0.3 is 0 Å². The number of nitrogens with zero attached hydrogens (tertiary/aromatic N) is 4. The molecule has 0 aliphatic heterocycles. The summed E-state index contributed by atoms with van der Waals surface area (Å²) in [7, 11) is 1.82. The van der Waals surface area contributed by atoms with E-state index in [-0.39, 0.29) is 0 Å². The molecule has 0 spiro atoms. The molecule has 92 valence electrons. The quantitative estimate of drug-likeness (QED) is 0.780. The first-order chi connectivity index (χ1) is 8.29. The summed E-state index contributed by atoms with van der Waals surface area (Å²) in [6, 6.07) is 3.98. The summed E-state index contributed by atoms with van der Waals surface area (Å²) in [4.78, 5) is 0. The zero-order chi connectivity index (χ0) is 12.1. The number of thioether (sulfide) groups is 1. The Kier molecular flexibility index (Phi) is 4.16. The first-order valence-electron chi connectivity index (χ1n) is 5.43. The first kappa shape index (κ1) is 12.1. The van der Waals surface area contributed by atoms with Crippen molar-refractivity contribution < 1.29 is 4.42 Å². The lowest BCUT2D eigenvalue weighted by Gasteiger charge is -1.98. The maximum Gasteiger partial charge on any atom is 0.209 e. The minimum Gasteiger partial charge on any atom is -0.464 e. The number of aryl methyl sites for hydroxylation is 1. The van der Waals surface area contributed by atoms with Crippen molar-refractivity contribution in [3.8, 4) is 0 Å². The van der Waals surface area contributed by atoms with Crippen LogP contribution in [-0.2, 0) is 19.3 Å². The third kappa shape index (κ3) is 3.31. The molecule has 2 rings (SSSR count). The molecule has 0 aliphatic carbocycles. The first-order valence-corrected chi connectivity index (χ1v) is 6.41. The molecule has 0 amide bonds. The maximum atomic E-state index is 5.66. The largest absolute Gasteiger partial charge is 0.464 e. The van der Waals surface area contributed by atoms with Crippen LogP contribution in [0.5, 0.6) is 0 Å². The summed E-state index contributed by atoms with van der Waals surface area (Å²) in [5.74, 6) is 2.63. The van der Waals surface area contributed by atoms with Crippen molar-refractivity contribution >= 4 is 11.8 Å². The number of furan rings is 1. The van der Waals surface area contributed by atoms with Gasteiger partial charge < -0.3 is 9.73 Å². The number of hydrogen-bond donors (Lipinski definition) is 1. The zero-order valence-electron chi connectivity index (χ0n) is 9.88. The maximum absolute atomic E-state index is 5.66. The monoisotopic (exact) mass is 253 g/mol. The number of tetrazole rings is 1. The van der Waals surface area contributed by atoms with Crippen molar-refractivity contribution in [2.75, 3.05) is 6.54 Å². The molecular weight excluding hydrogens is 238 g/mol. The molecule has 0 aromatic carbocycles. The number of hydrogen-bond acceptors (Lipinski definition) is 6. The summed E-state index contributed by atoms with van der Waals surface area (Å²) >= 11 is 1.56. The molecular formula is C10H15N5OS. The van der Waals surface area contributed by atoms with Gasteiger partial charge in [-0.05, 0) is 29.1 Å². The van der Waals surface area contributed by atoms with Crippen molar-refractivity contribution in [3.05, 3.63) is 23.7 Å². The third-order valence-electron chi connectivity index (χ3n) is 2.19. The average Bonchev–Trinajstić information content (AvgIpc) is 2.93. The van der Waals surface area contributed by atoms with Crippen LogP contribution in [0.4, 0.5) is 0 Å². The normalized spacial score (nSPS) is 10.9. The summed E-state index contributed by atoms with van der Waals surface area (Å²) < 4.78 is 7.31. The third-order valence-corrected chi connectivity index (χ3v) is 3.22. The fraction of sp³-hybridized carbons (Fsp3) is 0.500. The molecule has 2 aromatic heterocycles. The van der Waals surface area contributed by atoms with Gasteiger partial charge in [-0.25, -0.2) is 4.68 Å². The van der Waals surface area contributed by atoms with Crippen LogP contribution >= 0.6 is 11.8 Å². The number of nitrogens with one attached hydrogen (secondary N) is 1. The number of aromatic nitrogens is 4. The van der Waals surface area contributed by atoms with Gasteiger partial charge in [-0.1, -0.05) is 18.7 Å². The molecule has 0 aliphatic rings. The second-order valence-electron chi connectivity index (χ2n) is 3.52. The van der Waals surface area contributed by atoms with Crippen LogP contribution in [0.25, 0.3) is 0 Å². The predicted molar refractivity (Wildman–Crippen MR) is 64.4 cm³/mol. The van der Waals surface area contributed by atoms with E-state index in [2.05, 4.69) is 27.8 Å².